The molecule has 0 radical (unpaired) electrons. The lowest BCUT2D eigenvalue weighted by molar-refractivity contribution is -0.140. The van der Waals surface area contributed by atoms with Crippen molar-refractivity contribution in [3.63, 3.8) is 0 Å². The fourth-order valence-electron chi connectivity index (χ4n) is 3.71. The number of rotatable bonds is 3. The van der Waals surface area contributed by atoms with E-state index in [-0.39, 0.29) is 29.4 Å². The maximum absolute atomic E-state index is 12.4. The number of amides is 2. The Kier molecular flexibility index (Phi) is 5.40. The molecule has 3 heterocycles. The molecule has 7 nitrogen and oxygen atoms in total. The summed E-state index contributed by atoms with van der Waals surface area (Å²) in [5, 5.41) is 0. The van der Waals surface area contributed by atoms with Crippen molar-refractivity contribution in [2.24, 2.45) is 11.3 Å². The standard InChI is InChI=1S/C20H30N4O3/c1-13(2)16-12-27-19(26)24(16)17-11-21-15(10-22-17)14-6-8-23(9-7-14)18(25)20(3,4)5/h10-11,13-14,16H,6-9,12H2,1-5H3/t16-/m0/s1. The van der Waals surface area contributed by atoms with E-state index in [4.69, 9.17) is 4.74 Å². The van der Waals surface area contributed by atoms with E-state index in [9.17, 15) is 9.59 Å². The average molecular weight is 374 g/mol. The van der Waals surface area contributed by atoms with Gasteiger partial charge in [-0.3, -0.25) is 14.7 Å². The van der Waals surface area contributed by atoms with Crippen molar-refractivity contribution in [2.75, 3.05) is 24.6 Å². The minimum absolute atomic E-state index is 0.00991. The molecule has 7 heteroatoms. The van der Waals surface area contributed by atoms with Crippen LogP contribution in [0.5, 0.6) is 0 Å². The van der Waals surface area contributed by atoms with Crippen LogP contribution in [0.15, 0.2) is 12.4 Å². The fourth-order valence-corrected chi connectivity index (χ4v) is 3.71. The fraction of sp³-hybridized carbons (Fsp3) is 0.700. The summed E-state index contributed by atoms with van der Waals surface area (Å²) in [4.78, 5) is 37.1. The predicted octanol–water partition coefficient (Wildman–Crippen LogP) is 3.21. The third kappa shape index (κ3) is 4.06. The van der Waals surface area contributed by atoms with Crippen LogP contribution in [0.25, 0.3) is 0 Å². The van der Waals surface area contributed by atoms with Crippen molar-refractivity contribution in [1.82, 2.24) is 14.9 Å². The number of piperidine rings is 1. The van der Waals surface area contributed by atoms with Gasteiger partial charge in [-0.2, -0.15) is 0 Å². The lowest BCUT2D eigenvalue weighted by Crippen LogP contribution is -2.43. The van der Waals surface area contributed by atoms with Gasteiger partial charge in [0.2, 0.25) is 5.91 Å². The molecule has 2 aliphatic heterocycles. The predicted molar refractivity (Wildman–Crippen MR) is 102 cm³/mol. The van der Waals surface area contributed by atoms with Crippen molar-refractivity contribution < 1.29 is 14.3 Å². The SMILES string of the molecule is CC(C)[C@@H]1COC(=O)N1c1cnc(C2CCN(C(=O)C(C)(C)C)CC2)cn1. The van der Waals surface area contributed by atoms with Crippen LogP contribution in [0.4, 0.5) is 10.6 Å². The highest BCUT2D eigenvalue weighted by Crippen LogP contribution is 2.30. The highest BCUT2D eigenvalue weighted by molar-refractivity contribution is 5.89. The monoisotopic (exact) mass is 374 g/mol. The molecule has 0 aliphatic carbocycles. The first-order valence-corrected chi connectivity index (χ1v) is 9.75. The molecular formula is C20H30N4O3. The number of aromatic nitrogens is 2. The largest absolute Gasteiger partial charge is 0.447 e. The van der Waals surface area contributed by atoms with Crippen LogP contribution >= 0.6 is 0 Å². The lowest BCUT2D eigenvalue weighted by Gasteiger charge is -2.35. The van der Waals surface area contributed by atoms with E-state index in [1.54, 1.807) is 17.3 Å². The molecule has 2 fully saturated rings. The Morgan fingerprint density at radius 3 is 2.37 bits per heavy atom. The minimum Gasteiger partial charge on any atom is -0.447 e. The zero-order valence-electron chi connectivity index (χ0n) is 16.9. The molecule has 3 rings (SSSR count). The number of carbonyl (C=O) groups is 2. The summed E-state index contributed by atoms with van der Waals surface area (Å²) in [6, 6.07) is -0.00991. The number of likely N-dealkylation sites (tertiary alicyclic amines) is 1. The molecule has 2 amide bonds. The van der Waals surface area contributed by atoms with E-state index in [1.165, 1.54) is 0 Å². The summed E-state index contributed by atoms with van der Waals surface area (Å²) in [7, 11) is 0. The highest BCUT2D eigenvalue weighted by Gasteiger charge is 2.37. The molecule has 1 aromatic rings. The number of cyclic esters (lactones) is 1. The molecule has 0 spiro atoms. The number of nitrogens with zero attached hydrogens (tertiary/aromatic N) is 4. The van der Waals surface area contributed by atoms with Gasteiger partial charge in [0.15, 0.2) is 5.82 Å². The Morgan fingerprint density at radius 2 is 1.85 bits per heavy atom. The van der Waals surface area contributed by atoms with Crippen molar-refractivity contribution in [2.45, 2.75) is 59.4 Å². The maximum atomic E-state index is 12.4. The van der Waals surface area contributed by atoms with Crippen molar-refractivity contribution in [1.29, 1.82) is 0 Å². The molecular weight excluding hydrogens is 344 g/mol. The average Bonchev–Trinajstić information content (AvgIpc) is 3.02. The summed E-state index contributed by atoms with van der Waals surface area (Å²) in [5.41, 5.74) is 0.584. The van der Waals surface area contributed by atoms with Gasteiger partial charge in [0.05, 0.1) is 24.1 Å². The second kappa shape index (κ2) is 7.44. The van der Waals surface area contributed by atoms with Crippen molar-refractivity contribution in [3.8, 4) is 0 Å². The zero-order valence-corrected chi connectivity index (χ0v) is 16.9. The van der Waals surface area contributed by atoms with Crippen LogP contribution in [-0.4, -0.2) is 52.6 Å². The third-order valence-electron chi connectivity index (χ3n) is 5.42. The first-order valence-electron chi connectivity index (χ1n) is 9.75. The summed E-state index contributed by atoms with van der Waals surface area (Å²) in [5.74, 6) is 1.32. The molecule has 2 aliphatic rings. The van der Waals surface area contributed by atoms with Crippen LogP contribution in [-0.2, 0) is 9.53 Å². The number of hydrogen-bond acceptors (Lipinski definition) is 5. The van der Waals surface area contributed by atoms with E-state index in [2.05, 4.69) is 23.8 Å². The third-order valence-corrected chi connectivity index (χ3v) is 5.42. The Hall–Kier alpha value is -2.18. The molecule has 148 valence electrons. The van der Waals surface area contributed by atoms with Gasteiger partial charge in [0, 0.05) is 24.4 Å². The van der Waals surface area contributed by atoms with Gasteiger partial charge >= 0.3 is 6.09 Å². The van der Waals surface area contributed by atoms with E-state index in [1.807, 2.05) is 25.7 Å². The number of ether oxygens (including phenoxy) is 1. The maximum Gasteiger partial charge on any atom is 0.415 e. The van der Waals surface area contributed by atoms with Gasteiger partial charge in [-0.15, -0.1) is 0 Å². The molecule has 0 N–H and O–H groups in total. The summed E-state index contributed by atoms with van der Waals surface area (Å²) >= 11 is 0. The van der Waals surface area contributed by atoms with Crippen LogP contribution in [0, 0.1) is 11.3 Å². The Morgan fingerprint density at radius 1 is 1.19 bits per heavy atom. The highest BCUT2D eigenvalue weighted by atomic mass is 16.6. The second-order valence-electron chi connectivity index (χ2n) is 8.87. The molecule has 0 unspecified atom stereocenters. The molecule has 0 bridgehead atoms. The molecule has 27 heavy (non-hydrogen) atoms. The topological polar surface area (TPSA) is 75.6 Å². The summed E-state index contributed by atoms with van der Waals surface area (Å²) in [6.07, 6.45) is 4.85. The minimum atomic E-state index is -0.357. The smallest absolute Gasteiger partial charge is 0.415 e. The molecule has 1 atom stereocenters. The van der Waals surface area contributed by atoms with Gasteiger partial charge in [-0.25, -0.2) is 9.78 Å². The van der Waals surface area contributed by atoms with Crippen LogP contribution in [0.2, 0.25) is 0 Å². The number of hydrogen-bond donors (Lipinski definition) is 0. The van der Waals surface area contributed by atoms with Gasteiger partial charge in [-0.05, 0) is 18.8 Å². The van der Waals surface area contributed by atoms with Crippen molar-refractivity contribution in [3.05, 3.63) is 18.1 Å². The van der Waals surface area contributed by atoms with E-state index >= 15 is 0 Å². The van der Waals surface area contributed by atoms with E-state index in [0.717, 1.165) is 31.6 Å². The van der Waals surface area contributed by atoms with Gasteiger partial charge < -0.3 is 9.64 Å². The van der Waals surface area contributed by atoms with Gasteiger partial charge in [0.1, 0.15) is 6.61 Å². The van der Waals surface area contributed by atoms with Crippen LogP contribution in [0.1, 0.15) is 59.1 Å². The second-order valence-corrected chi connectivity index (χ2v) is 8.87. The van der Waals surface area contributed by atoms with Gasteiger partial charge in [0.25, 0.3) is 0 Å². The molecule has 0 aromatic carbocycles. The first kappa shape index (κ1) is 19.6. The Bertz CT molecular complexity index is 688. The normalized spacial score (nSPS) is 21.7. The van der Waals surface area contributed by atoms with Crippen molar-refractivity contribution >= 4 is 17.8 Å². The summed E-state index contributed by atoms with van der Waals surface area (Å²) in [6.45, 7) is 11.9. The quantitative estimate of drug-likeness (QED) is 0.812. The Labute approximate surface area is 161 Å². The number of carbonyl (C=O) groups excluding carboxylic acids is 2. The molecule has 2 saturated heterocycles. The first-order chi connectivity index (χ1) is 12.7. The summed E-state index contributed by atoms with van der Waals surface area (Å²) < 4.78 is 5.18. The van der Waals surface area contributed by atoms with Gasteiger partial charge in [-0.1, -0.05) is 34.6 Å². The Balaban J connectivity index is 1.65. The van der Waals surface area contributed by atoms with Crippen LogP contribution < -0.4 is 4.90 Å². The van der Waals surface area contributed by atoms with E-state index in [0.29, 0.717) is 18.3 Å². The van der Waals surface area contributed by atoms with Crippen LogP contribution in [0.3, 0.4) is 0 Å². The molecule has 1 aromatic heterocycles. The lowest BCUT2D eigenvalue weighted by atomic mass is 9.90. The molecule has 0 saturated carbocycles. The van der Waals surface area contributed by atoms with E-state index < -0.39 is 0 Å². The number of anilines is 1. The zero-order chi connectivity index (χ0) is 19.8.